The normalized spacial score (nSPS) is 11.4. The second kappa shape index (κ2) is 8.16. The molecule has 0 saturated heterocycles. The molecule has 0 radical (unpaired) electrons. The summed E-state index contributed by atoms with van der Waals surface area (Å²) >= 11 is 1.38. The molecule has 0 saturated carbocycles. The fourth-order valence-electron chi connectivity index (χ4n) is 2.81. The molecule has 7 nitrogen and oxygen atoms in total. The number of benzene rings is 1. The predicted octanol–water partition coefficient (Wildman–Crippen LogP) is 2.89. The Kier molecular flexibility index (Phi) is 5.83. The molecule has 3 rings (SSSR count). The summed E-state index contributed by atoms with van der Waals surface area (Å²) in [4.78, 5) is 41.8. The van der Waals surface area contributed by atoms with Crippen LogP contribution >= 0.6 is 11.3 Å². The van der Waals surface area contributed by atoms with Gasteiger partial charge in [-0.15, -0.1) is 11.3 Å². The van der Waals surface area contributed by atoms with Gasteiger partial charge in [-0.3, -0.25) is 19.0 Å². The summed E-state index contributed by atoms with van der Waals surface area (Å²) in [6.07, 6.45) is 1.33. The van der Waals surface area contributed by atoms with E-state index in [4.69, 9.17) is 4.74 Å². The van der Waals surface area contributed by atoms with E-state index in [1.54, 1.807) is 0 Å². The Balaban J connectivity index is 1.78. The smallest absolute Gasteiger partial charge is 0.326 e. The molecule has 0 aliphatic heterocycles. The SMILES string of the molecule is Cc1ccc(-c2csc3ncn(CC(=O)OCC(=O)NC(C)(C)C)c(=O)c23)cc1. The maximum absolute atomic E-state index is 13.0. The van der Waals surface area contributed by atoms with Crippen molar-refractivity contribution in [3.63, 3.8) is 0 Å². The lowest BCUT2D eigenvalue weighted by Crippen LogP contribution is -2.43. The summed E-state index contributed by atoms with van der Waals surface area (Å²) in [5.41, 5.74) is 2.10. The molecule has 0 unspecified atom stereocenters. The Morgan fingerprint density at radius 2 is 1.90 bits per heavy atom. The van der Waals surface area contributed by atoms with Gasteiger partial charge >= 0.3 is 5.97 Å². The van der Waals surface area contributed by atoms with Crippen LogP contribution in [0.4, 0.5) is 0 Å². The van der Waals surface area contributed by atoms with Crippen molar-refractivity contribution >= 4 is 33.4 Å². The number of carbonyl (C=O) groups excluding carboxylic acids is 2. The molecule has 0 bridgehead atoms. The number of hydrogen-bond acceptors (Lipinski definition) is 6. The van der Waals surface area contributed by atoms with Crippen molar-refractivity contribution in [2.45, 2.75) is 39.8 Å². The summed E-state index contributed by atoms with van der Waals surface area (Å²) in [6.45, 7) is 6.79. The van der Waals surface area contributed by atoms with Gasteiger partial charge in [-0.2, -0.15) is 0 Å². The number of nitrogens with one attached hydrogen (secondary N) is 1. The van der Waals surface area contributed by atoms with Crippen molar-refractivity contribution in [2.75, 3.05) is 6.61 Å². The van der Waals surface area contributed by atoms with E-state index in [9.17, 15) is 14.4 Å². The lowest BCUT2D eigenvalue weighted by atomic mass is 10.1. The summed E-state index contributed by atoms with van der Waals surface area (Å²) in [7, 11) is 0. The second-order valence-corrected chi connectivity index (χ2v) is 8.69. The van der Waals surface area contributed by atoms with Gasteiger partial charge < -0.3 is 10.1 Å². The Bertz CT molecular complexity index is 1110. The minimum Gasteiger partial charge on any atom is -0.454 e. The molecule has 0 aliphatic rings. The summed E-state index contributed by atoms with van der Waals surface area (Å²) < 4.78 is 6.20. The van der Waals surface area contributed by atoms with E-state index in [2.05, 4.69) is 10.3 Å². The molecule has 0 spiro atoms. The lowest BCUT2D eigenvalue weighted by Gasteiger charge is -2.20. The fraction of sp³-hybridized carbons (Fsp3) is 0.333. The molecule has 1 amide bonds. The topological polar surface area (TPSA) is 90.3 Å². The molecule has 0 atom stereocenters. The van der Waals surface area contributed by atoms with E-state index >= 15 is 0 Å². The molecular formula is C21H23N3O4S. The van der Waals surface area contributed by atoms with Gasteiger partial charge in [-0.05, 0) is 33.3 Å². The highest BCUT2D eigenvalue weighted by Gasteiger charge is 2.17. The molecule has 1 N–H and O–H groups in total. The highest BCUT2D eigenvalue weighted by molar-refractivity contribution is 7.17. The first-order valence-corrected chi connectivity index (χ1v) is 10.0. The van der Waals surface area contributed by atoms with Gasteiger partial charge in [0.25, 0.3) is 11.5 Å². The number of carbonyl (C=O) groups is 2. The van der Waals surface area contributed by atoms with E-state index in [0.29, 0.717) is 10.2 Å². The van der Waals surface area contributed by atoms with Crippen molar-refractivity contribution in [1.82, 2.24) is 14.9 Å². The monoisotopic (exact) mass is 413 g/mol. The second-order valence-electron chi connectivity index (χ2n) is 7.83. The standard InChI is InChI=1S/C21H23N3O4S/c1-13-5-7-14(8-6-13)15-11-29-19-18(15)20(27)24(12-22-19)9-17(26)28-10-16(25)23-21(2,3)4/h5-8,11-12H,9-10H2,1-4H3,(H,23,25). The molecule has 0 fully saturated rings. The zero-order valence-electron chi connectivity index (χ0n) is 16.8. The summed E-state index contributed by atoms with van der Waals surface area (Å²) in [5, 5.41) is 5.07. The van der Waals surface area contributed by atoms with Gasteiger partial charge in [0.15, 0.2) is 6.61 Å². The first-order valence-electron chi connectivity index (χ1n) is 9.14. The molecule has 1 aromatic carbocycles. The highest BCUT2D eigenvalue weighted by atomic mass is 32.1. The molecule has 0 aliphatic carbocycles. The van der Waals surface area contributed by atoms with Crippen LogP contribution in [0.3, 0.4) is 0 Å². The Morgan fingerprint density at radius 3 is 2.55 bits per heavy atom. The van der Waals surface area contributed by atoms with Crippen LogP contribution < -0.4 is 10.9 Å². The van der Waals surface area contributed by atoms with Gasteiger partial charge in [0.1, 0.15) is 11.4 Å². The zero-order chi connectivity index (χ0) is 21.2. The largest absolute Gasteiger partial charge is 0.454 e. The number of fused-ring (bicyclic) bond motifs is 1. The minimum atomic E-state index is -0.676. The van der Waals surface area contributed by atoms with Crippen LogP contribution in [0.5, 0.6) is 0 Å². The van der Waals surface area contributed by atoms with Crippen molar-refractivity contribution in [3.8, 4) is 11.1 Å². The van der Waals surface area contributed by atoms with Crippen LogP contribution in [-0.2, 0) is 20.9 Å². The van der Waals surface area contributed by atoms with Crippen LogP contribution in [0.15, 0.2) is 40.8 Å². The van der Waals surface area contributed by atoms with Crippen molar-refractivity contribution in [2.24, 2.45) is 0 Å². The average Bonchev–Trinajstić information content (AvgIpc) is 3.06. The highest BCUT2D eigenvalue weighted by Crippen LogP contribution is 2.30. The quantitative estimate of drug-likeness (QED) is 0.650. The van der Waals surface area contributed by atoms with Gasteiger partial charge in [-0.1, -0.05) is 29.8 Å². The Hall–Kier alpha value is -3.00. The molecule has 8 heteroatoms. The average molecular weight is 413 g/mol. The minimum absolute atomic E-state index is 0.312. The third-order valence-corrected chi connectivity index (χ3v) is 4.99. The van der Waals surface area contributed by atoms with Crippen LogP contribution in [0.25, 0.3) is 21.3 Å². The summed E-state index contributed by atoms with van der Waals surface area (Å²) in [5.74, 6) is -1.07. The first-order chi connectivity index (χ1) is 13.6. The fourth-order valence-corrected chi connectivity index (χ4v) is 3.72. The molecule has 152 valence electrons. The zero-order valence-corrected chi connectivity index (χ0v) is 17.6. The lowest BCUT2D eigenvalue weighted by molar-refractivity contribution is -0.149. The Morgan fingerprint density at radius 1 is 1.21 bits per heavy atom. The van der Waals surface area contributed by atoms with Crippen LogP contribution in [0, 0.1) is 6.92 Å². The van der Waals surface area contributed by atoms with Gasteiger partial charge in [0.05, 0.1) is 11.7 Å². The third kappa shape index (κ3) is 5.08. The number of ether oxygens (including phenoxy) is 1. The number of rotatable bonds is 5. The number of thiophene rings is 1. The number of amides is 1. The maximum atomic E-state index is 13.0. The van der Waals surface area contributed by atoms with E-state index in [1.807, 2.05) is 57.3 Å². The number of hydrogen-bond donors (Lipinski definition) is 1. The number of esters is 1. The number of nitrogens with zero attached hydrogens (tertiary/aromatic N) is 2. The number of aromatic nitrogens is 2. The Labute approximate surface area is 172 Å². The maximum Gasteiger partial charge on any atom is 0.326 e. The van der Waals surface area contributed by atoms with Crippen LogP contribution in [0.1, 0.15) is 26.3 Å². The van der Waals surface area contributed by atoms with Gasteiger partial charge in [0.2, 0.25) is 0 Å². The van der Waals surface area contributed by atoms with E-state index in [-0.39, 0.29) is 12.1 Å². The number of aryl methyl sites for hydroxylation is 1. The van der Waals surface area contributed by atoms with Gasteiger partial charge in [-0.25, -0.2) is 4.98 Å². The van der Waals surface area contributed by atoms with Gasteiger partial charge in [0, 0.05) is 16.5 Å². The van der Waals surface area contributed by atoms with E-state index < -0.39 is 24.0 Å². The first kappa shape index (κ1) is 20.7. The van der Waals surface area contributed by atoms with Crippen LogP contribution in [0.2, 0.25) is 0 Å². The summed E-state index contributed by atoms with van der Waals surface area (Å²) in [6, 6.07) is 7.87. The van der Waals surface area contributed by atoms with E-state index in [0.717, 1.165) is 16.7 Å². The third-order valence-electron chi connectivity index (χ3n) is 4.10. The predicted molar refractivity (Wildman–Crippen MR) is 113 cm³/mol. The van der Waals surface area contributed by atoms with Crippen LogP contribution in [-0.4, -0.2) is 33.6 Å². The van der Waals surface area contributed by atoms with E-state index in [1.165, 1.54) is 22.2 Å². The molecular weight excluding hydrogens is 390 g/mol. The molecule has 2 aromatic heterocycles. The van der Waals surface area contributed by atoms with Crippen molar-refractivity contribution in [3.05, 3.63) is 51.9 Å². The molecule has 29 heavy (non-hydrogen) atoms. The molecule has 2 heterocycles. The molecule has 3 aromatic rings. The van der Waals surface area contributed by atoms with Crippen molar-refractivity contribution < 1.29 is 14.3 Å². The van der Waals surface area contributed by atoms with Crippen molar-refractivity contribution in [1.29, 1.82) is 0 Å².